The summed E-state index contributed by atoms with van der Waals surface area (Å²) in [5.74, 6) is 0.430. The van der Waals surface area contributed by atoms with E-state index in [-0.39, 0.29) is 22.6 Å². The second kappa shape index (κ2) is 11.8. The van der Waals surface area contributed by atoms with Gasteiger partial charge >= 0.3 is 0 Å². The molecule has 2 bridgehead atoms. The van der Waals surface area contributed by atoms with Gasteiger partial charge in [-0.05, 0) is 31.6 Å². The van der Waals surface area contributed by atoms with Crippen LogP contribution in [0.5, 0.6) is 0 Å². The van der Waals surface area contributed by atoms with Crippen molar-refractivity contribution >= 4 is 11.8 Å². The summed E-state index contributed by atoms with van der Waals surface area (Å²) in [5.41, 5.74) is 1.83. The standard InChI is InChI=1S/C33H46N6O2/c1-34-13-17-36(18-14-34)21-30(40)38-24-32(28-9-5-3-6-10-28)23-33(25-38,29-11-7-4-8-12-29)27-39(26-32)31(41)22-37-19-15-35(2)16-20-37/h3-12H,13-27H2,1-2H3. The van der Waals surface area contributed by atoms with Crippen LogP contribution in [0.1, 0.15) is 17.5 Å². The zero-order valence-electron chi connectivity index (χ0n) is 24.9. The summed E-state index contributed by atoms with van der Waals surface area (Å²) in [7, 11) is 4.30. The number of piperazine rings is 2. The third-order valence-electron chi connectivity index (χ3n) is 10.0. The molecule has 8 heteroatoms. The predicted octanol–water partition coefficient (Wildman–Crippen LogP) is 1.43. The van der Waals surface area contributed by atoms with Gasteiger partial charge < -0.3 is 19.6 Å². The van der Waals surface area contributed by atoms with Crippen molar-refractivity contribution in [2.75, 3.05) is 106 Å². The average Bonchev–Trinajstić information content (AvgIpc) is 3.00. The molecule has 2 amide bonds. The van der Waals surface area contributed by atoms with Crippen molar-refractivity contribution in [2.24, 2.45) is 0 Å². The molecule has 0 aliphatic carbocycles. The molecule has 0 aromatic heterocycles. The quantitative estimate of drug-likeness (QED) is 0.535. The fraction of sp³-hybridized carbons (Fsp3) is 0.576. The first-order chi connectivity index (χ1) is 19.8. The number of likely N-dealkylation sites (N-methyl/N-ethyl adjacent to an activating group) is 2. The normalized spacial score (nSPS) is 28.5. The Bertz CT molecular complexity index is 1090. The van der Waals surface area contributed by atoms with Crippen molar-refractivity contribution in [3.8, 4) is 0 Å². The van der Waals surface area contributed by atoms with Crippen LogP contribution in [0.4, 0.5) is 0 Å². The highest BCUT2D eigenvalue weighted by Crippen LogP contribution is 2.49. The fourth-order valence-corrected chi connectivity index (χ4v) is 7.64. The maximum Gasteiger partial charge on any atom is 0.236 e. The molecular formula is C33H46N6O2. The Morgan fingerprint density at radius 3 is 1.24 bits per heavy atom. The van der Waals surface area contributed by atoms with Crippen LogP contribution in [0.15, 0.2) is 60.7 Å². The summed E-state index contributed by atoms with van der Waals surface area (Å²) in [6.07, 6.45) is 0.935. The van der Waals surface area contributed by atoms with Gasteiger partial charge in [-0.2, -0.15) is 0 Å². The second-order valence-corrected chi connectivity index (χ2v) is 13.1. The van der Waals surface area contributed by atoms with Gasteiger partial charge in [0.05, 0.1) is 13.1 Å². The minimum Gasteiger partial charge on any atom is -0.340 e. The number of carbonyl (C=O) groups is 2. The monoisotopic (exact) mass is 558 g/mol. The van der Waals surface area contributed by atoms with Crippen molar-refractivity contribution in [1.82, 2.24) is 29.4 Å². The molecule has 0 atom stereocenters. The predicted molar refractivity (Wildman–Crippen MR) is 162 cm³/mol. The second-order valence-electron chi connectivity index (χ2n) is 13.1. The molecular weight excluding hydrogens is 512 g/mol. The van der Waals surface area contributed by atoms with Gasteiger partial charge in [0, 0.05) is 89.4 Å². The van der Waals surface area contributed by atoms with Crippen LogP contribution >= 0.6 is 0 Å². The van der Waals surface area contributed by atoms with E-state index < -0.39 is 0 Å². The Morgan fingerprint density at radius 2 is 0.902 bits per heavy atom. The Balaban J connectivity index is 1.32. The molecule has 2 aromatic rings. The minimum atomic E-state index is -0.316. The van der Waals surface area contributed by atoms with E-state index in [0.29, 0.717) is 39.3 Å². The molecule has 4 fully saturated rings. The van der Waals surface area contributed by atoms with Gasteiger partial charge in [0.25, 0.3) is 0 Å². The van der Waals surface area contributed by atoms with Crippen molar-refractivity contribution in [2.45, 2.75) is 17.3 Å². The van der Waals surface area contributed by atoms with Gasteiger partial charge in [-0.3, -0.25) is 19.4 Å². The summed E-state index contributed by atoms with van der Waals surface area (Å²) < 4.78 is 0. The van der Waals surface area contributed by atoms with Crippen molar-refractivity contribution in [3.05, 3.63) is 71.8 Å². The number of rotatable bonds is 6. The molecule has 2 aromatic carbocycles. The van der Waals surface area contributed by atoms with E-state index in [4.69, 9.17) is 0 Å². The number of fused-ring (bicyclic) bond motifs is 2. The lowest BCUT2D eigenvalue weighted by Gasteiger charge is -2.59. The Hall–Kier alpha value is -2.78. The molecule has 0 spiro atoms. The van der Waals surface area contributed by atoms with Crippen molar-refractivity contribution in [3.63, 3.8) is 0 Å². The lowest BCUT2D eigenvalue weighted by molar-refractivity contribution is -0.145. The largest absolute Gasteiger partial charge is 0.340 e. The molecule has 6 rings (SSSR count). The van der Waals surface area contributed by atoms with Crippen LogP contribution in [0, 0.1) is 0 Å². The molecule has 4 aliphatic rings. The first-order valence-corrected chi connectivity index (χ1v) is 15.3. The lowest BCUT2D eigenvalue weighted by Crippen LogP contribution is -2.70. The molecule has 220 valence electrons. The van der Waals surface area contributed by atoms with Crippen LogP contribution in [-0.2, 0) is 20.4 Å². The maximum atomic E-state index is 14.0. The van der Waals surface area contributed by atoms with Gasteiger partial charge in [0.2, 0.25) is 11.8 Å². The summed E-state index contributed by atoms with van der Waals surface area (Å²) in [5, 5.41) is 0. The Morgan fingerprint density at radius 1 is 0.561 bits per heavy atom. The third kappa shape index (κ3) is 6.07. The molecule has 0 radical (unpaired) electrons. The van der Waals surface area contributed by atoms with Crippen molar-refractivity contribution in [1.29, 1.82) is 0 Å². The number of hydrogen-bond acceptors (Lipinski definition) is 6. The Labute approximate surface area is 245 Å². The molecule has 0 N–H and O–H groups in total. The van der Waals surface area contributed by atoms with E-state index >= 15 is 0 Å². The highest BCUT2D eigenvalue weighted by molar-refractivity contribution is 5.80. The van der Waals surface area contributed by atoms with E-state index in [2.05, 4.69) is 104 Å². The van der Waals surface area contributed by atoms with Crippen molar-refractivity contribution < 1.29 is 9.59 Å². The van der Waals surface area contributed by atoms with Gasteiger partial charge in [-0.25, -0.2) is 0 Å². The molecule has 41 heavy (non-hydrogen) atoms. The summed E-state index contributed by atoms with van der Waals surface area (Å²) in [4.78, 5) is 41.6. The number of likely N-dealkylation sites (tertiary alicyclic amines) is 2. The SMILES string of the molecule is CN1CCN(CC(=O)N2CC3(c4ccccc4)CN(C(=O)CN4CCN(C)CC4)CC(c4ccccc4)(C2)C3)CC1. The molecule has 4 aliphatic heterocycles. The van der Waals surface area contributed by atoms with Gasteiger partial charge in [0.1, 0.15) is 0 Å². The summed E-state index contributed by atoms with van der Waals surface area (Å²) in [6.45, 7) is 11.2. The smallest absolute Gasteiger partial charge is 0.236 e. The molecule has 4 saturated heterocycles. The Kier molecular flexibility index (Phi) is 8.19. The molecule has 8 nitrogen and oxygen atoms in total. The van der Waals surface area contributed by atoms with Gasteiger partial charge in [-0.1, -0.05) is 60.7 Å². The zero-order chi connectivity index (χ0) is 28.5. The number of hydrogen-bond donors (Lipinski definition) is 0. The molecule has 4 heterocycles. The van der Waals surface area contributed by atoms with E-state index in [0.717, 1.165) is 58.8 Å². The topological polar surface area (TPSA) is 53.6 Å². The van der Waals surface area contributed by atoms with Crippen LogP contribution in [-0.4, -0.2) is 147 Å². The van der Waals surface area contributed by atoms with Crippen LogP contribution in [0.25, 0.3) is 0 Å². The summed E-state index contributed by atoms with van der Waals surface area (Å²) in [6, 6.07) is 21.4. The minimum absolute atomic E-state index is 0.215. The summed E-state index contributed by atoms with van der Waals surface area (Å²) >= 11 is 0. The van der Waals surface area contributed by atoms with Crippen LogP contribution in [0.3, 0.4) is 0 Å². The van der Waals surface area contributed by atoms with Gasteiger partial charge in [0.15, 0.2) is 0 Å². The third-order valence-corrected chi connectivity index (χ3v) is 10.0. The first-order valence-electron chi connectivity index (χ1n) is 15.3. The first kappa shape index (κ1) is 28.3. The zero-order valence-corrected chi connectivity index (χ0v) is 24.9. The lowest BCUT2D eigenvalue weighted by atomic mass is 9.58. The number of piperidine rings is 2. The van der Waals surface area contributed by atoms with E-state index in [1.54, 1.807) is 0 Å². The highest BCUT2D eigenvalue weighted by Gasteiger charge is 2.56. The highest BCUT2D eigenvalue weighted by atomic mass is 16.2. The number of nitrogens with zero attached hydrogens (tertiary/aromatic N) is 6. The number of carbonyl (C=O) groups excluding carboxylic acids is 2. The molecule has 0 unspecified atom stereocenters. The molecule has 0 saturated carbocycles. The van der Waals surface area contributed by atoms with Crippen LogP contribution < -0.4 is 0 Å². The van der Waals surface area contributed by atoms with E-state index in [9.17, 15) is 9.59 Å². The number of benzene rings is 2. The van der Waals surface area contributed by atoms with Crippen LogP contribution in [0.2, 0.25) is 0 Å². The average molecular weight is 559 g/mol. The van der Waals surface area contributed by atoms with Gasteiger partial charge in [-0.15, -0.1) is 0 Å². The van der Waals surface area contributed by atoms with E-state index in [1.807, 2.05) is 0 Å². The van der Waals surface area contributed by atoms with E-state index in [1.165, 1.54) is 11.1 Å². The maximum absolute atomic E-state index is 14.0. The fourth-order valence-electron chi connectivity index (χ4n) is 7.64. The number of amides is 2.